The zero-order valence-electron chi connectivity index (χ0n) is 23.2. The van der Waals surface area contributed by atoms with Crippen LogP contribution in [0.15, 0.2) is 60.8 Å². The van der Waals surface area contributed by atoms with E-state index in [-0.39, 0.29) is 35.2 Å². The third-order valence-corrected chi connectivity index (χ3v) is 8.53. The van der Waals surface area contributed by atoms with Crippen molar-refractivity contribution in [2.75, 3.05) is 39.3 Å². The van der Waals surface area contributed by atoms with Gasteiger partial charge >= 0.3 is 0 Å². The molecular formula is C29H33N5O6S. The van der Waals surface area contributed by atoms with Crippen LogP contribution >= 0.6 is 0 Å². The molecule has 216 valence electrons. The molecule has 0 unspecified atom stereocenters. The molecule has 41 heavy (non-hydrogen) atoms. The summed E-state index contributed by atoms with van der Waals surface area (Å²) in [5.41, 5.74) is 1.84. The van der Waals surface area contributed by atoms with Gasteiger partial charge in [-0.25, -0.2) is 12.4 Å². The van der Waals surface area contributed by atoms with Gasteiger partial charge in [0.25, 0.3) is 5.91 Å². The maximum atomic E-state index is 13.4. The maximum Gasteiger partial charge on any atom is 0.254 e. The fourth-order valence-corrected chi connectivity index (χ4v) is 6.43. The molecule has 1 fully saturated rings. The topological polar surface area (TPSA) is 125 Å². The Morgan fingerprint density at radius 2 is 1.90 bits per heavy atom. The summed E-state index contributed by atoms with van der Waals surface area (Å²) < 4.78 is 44.5. The van der Waals surface area contributed by atoms with Gasteiger partial charge in [0, 0.05) is 25.4 Å². The largest absolute Gasteiger partial charge is 0.495 e. The first-order chi connectivity index (χ1) is 19.8. The van der Waals surface area contributed by atoms with Crippen molar-refractivity contribution < 1.29 is 27.4 Å². The second-order valence-electron chi connectivity index (χ2n) is 9.67. The summed E-state index contributed by atoms with van der Waals surface area (Å²) in [6.07, 6.45) is 3.29. The van der Waals surface area contributed by atoms with Crippen molar-refractivity contribution in [2.24, 2.45) is 0 Å². The standard InChI is InChI=1S/C29H33N5O6S/c1-4-40-27-23-14-16-34(41(36,37)19-20-9-6-5-7-10-20)26(23)31-29(32-27)30-24-13-12-21(17-25(24)39-3)28(35)33-15-8-11-22(33)18-38-2/h5-7,9-10,12-14,16-17,22H,4,8,11,15,18-19H2,1-3H3,(H,30,31,32)/t22-/m1/s1. The van der Waals surface area contributed by atoms with Crippen molar-refractivity contribution in [3.8, 4) is 11.6 Å². The molecule has 4 aromatic rings. The van der Waals surface area contributed by atoms with Gasteiger partial charge in [-0.1, -0.05) is 30.3 Å². The summed E-state index contributed by atoms with van der Waals surface area (Å²) in [4.78, 5) is 24.1. The molecule has 11 nitrogen and oxygen atoms in total. The average Bonchev–Trinajstić information content (AvgIpc) is 3.61. The van der Waals surface area contributed by atoms with Crippen LogP contribution in [0.3, 0.4) is 0 Å². The highest BCUT2D eigenvalue weighted by atomic mass is 32.2. The van der Waals surface area contributed by atoms with Gasteiger partial charge in [-0.05, 0) is 49.6 Å². The lowest BCUT2D eigenvalue weighted by atomic mass is 10.1. The molecule has 1 aliphatic rings. The molecule has 1 N–H and O–H groups in total. The van der Waals surface area contributed by atoms with Crippen LogP contribution in [0.5, 0.6) is 11.6 Å². The van der Waals surface area contributed by atoms with E-state index in [1.54, 1.807) is 55.6 Å². The zero-order chi connectivity index (χ0) is 29.0. The molecule has 2 aromatic carbocycles. The van der Waals surface area contributed by atoms with E-state index in [1.807, 2.05) is 17.9 Å². The Balaban J connectivity index is 1.47. The van der Waals surface area contributed by atoms with Crippen LogP contribution < -0.4 is 14.8 Å². The number of likely N-dealkylation sites (tertiary alicyclic amines) is 1. The molecule has 1 aliphatic heterocycles. The normalized spacial score (nSPS) is 15.3. The molecule has 2 aromatic heterocycles. The summed E-state index contributed by atoms with van der Waals surface area (Å²) in [6.45, 7) is 3.32. The van der Waals surface area contributed by atoms with E-state index in [0.29, 0.717) is 47.7 Å². The van der Waals surface area contributed by atoms with Crippen LogP contribution in [-0.2, 0) is 20.5 Å². The SMILES string of the molecule is CCOc1nc(Nc2ccc(C(=O)N3CCC[C@@H]3COC)cc2OC)nc2c1ccn2S(=O)(=O)Cc1ccccc1. The minimum absolute atomic E-state index is 0.0443. The molecule has 3 heterocycles. The fraction of sp³-hybridized carbons (Fsp3) is 0.345. The third kappa shape index (κ3) is 5.98. The second-order valence-corrected chi connectivity index (χ2v) is 11.5. The Morgan fingerprint density at radius 3 is 2.63 bits per heavy atom. The number of rotatable bonds is 11. The first-order valence-corrected chi connectivity index (χ1v) is 15.0. The lowest BCUT2D eigenvalue weighted by Gasteiger charge is -2.24. The number of carbonyl (C=O) groups excluding carboxylic acids is 1. The van der Waals surface area contributed by atoms with Gasteiger partial charge in [0.2, 0.25) is 21.9 Å². The van der Waals surface area contributed by atoms with Crippen molar-refractivity contribution in [3.63, 3.8) is 0 Å². The van der Waals surface area contributed by atoms with Gasteiger partial charge in [0.15, 0.2) is 5.65 Å². The highest BCUT2D eigenvalue weighted by Gasteiger charge is 2.30. The quantitative estimate of drug-likeness (QED) is 0.278. The minimum Gasteiger partial charge on any atom is -0.495 e. The predicted octanol–water partition coefficient (Wildman–Crippen LogP) is 4.21. The van der Waals surface area contributed by atoms with Gasteiger partial charge < -0.3 is 24.4 Å². The fourth-order valence-electron chi connectivity index (χ4n) is 5.03. The molecule has 0 bridgehead atoms. The Hall–Kier alpha value is -4.16. The number of carbonyl (C=O) groups is 1. The van der Waals surface area contributed by atoms with E-state index >= 15 is 0 Å². The van der Waals surface area contributed by atoms with Crippen LogP contribution in [0.25, 0.3) is 11.0 Å². The predicted molar refractivity (Wildman–Crippen MR) is 155 cm³/mol. The number of hydrogen-bond donors (Lipinski definition) is 1. The van der Waals surface area contributed by atoms with E-state index in [1.165, 1.54) is 13.3 Å². The number of ether oxygens (including phenoxy) is 3. The van der Waals surface area contributed by atoms with Crippen molar-refractivity contribution in [1.82, 2.24) is 18.8 Å². The van der Waals surface area contributed by atoms with Crippen LogP contribution in [0.2, 0.25) is 0 Å². The van der Waals surface area contributed by atoms with E-state index in [9.17, 15) is 13.2 Å². The Labute approximate surface area is 239 Å². The molecule has 5 rings (SSSR count). The first kappa shape index (κ1) is 28.4. The molecule has 1 atom stereocenters. The van der Waals surface area contributed by atoms with Gasteiger partial charge in [0.05, 0.1) is 43.2 Å². The zero-order valence-corrected chi connectivity index (χ0v) is 24.1. The van der Waals surface area contributed by atoms with Crippen molar-refractivity contribution in [3.05, 3.63) is 71.9 Å². The van der Waals surface area contributed by atoms with Crippen LogP contribution in [0.1, 0.15) is 35.7 Å². The monoisotopic (exact) mass is 579 g/mol. The van der Waals surface area contributed by atoms with Crippen LogP contribution in [0, 0.1) is 0 Å². The smallest absolute Gasteiger partial charge is 0.254 e. The average molecular weight is 580 g/mol. The molecular weight excluding hydrogens is 546 g/mol. The van der Waals surface area contributed by atoms with E-state index in [0.717, 1.165) is 16.8 Å². The summed E-state index contributed by atoms with van der Waals surface area (Å²) in [5, 5.41) is 3.59. The van der Waals surface area contributed by atoms with Gasteiger partial charge in [-0.15, -0.1) is 0 Å². The number of benzene rings is 2. The second kappa shape index (κ2) is 12.1. The van der Waals surface area contributed by atoms with Gasteiger partial charge in [0.1, 0.15) is 5.75 Å². The van der Waals surface area contributed by atoms with Crippen molar-refractivity contribution in [1.29, 1.82) is 0 Å². The number of fused-ring (bicyclic) bond motifs is 1. The third-order valence-electron chi connectivity index (χ3n) is 6.94. The van der Waals surface area contributed by atoms with E-state index in [4.69, 9.17) is 14.2 Å². The number of methoxy groups -OCH3 is 2. The number of aromatic nitrogens is 3. The summed E-state index contributed by atoms with van der Waals surface area (Å²) in [5.74, 6) is 0.490. The molecule has 0 saturated carbocycles. The molecule has 0 radical (unpaired) electrons. The van der Waals surface area contributed by atoms with Crippen LogP contribution in [-0.4, -0.2) is 73.2 Å². The molecule has 0 aliphatic carbocycles. The lowest BCUT2D eigenvalue weighted by molar-refractivity contribution is 0.0630. The molecule has 1 saturated heterocycles. The summed E-state index contributed by atoms with van der Waals surface area (Å²) >= 11 is 0. The number of hydrogen-bond acceptors (Lipinski definition) is 9. The molecule has 1 amide bonds. The highest BCUT2D eigenvalue weighted by Crippen LogP contribution is 2.32. The Bertz CT molecular complexity index is 1640. The number of anilines is 2. The number of nitrogens with one attached hydrogen (secondary N) is 1. The lowest BCUT2D eigenvalue weighted by Crippen LogP contribution is -2.38. The van der Waals surface area contributed by atoms with Gasteiger partial charge in [-0.3, -0.25) is 4.79 Å². The van der Waals surface area contributed by atoms with Crippen molar-refractivity contribution in [2.45, 2.75) is 31.6 Å². The van der Waals surface area contributed by atoms with E-state index < -0.39 is 10.0 Å². The summed E-state index contributed by atoms with van der Waals surface area (Å²) in [7, 11) is -0.651. The summed E-state index contributed by atoms with van der Waals surface area (Å²) in [6, 6.07) is 15.7. The highest BCUT2D eigenvalue weighted by molar-refractivity contribution is 7.89. The number of nitrogens with zero attached hydrogens (tertiary/aromatic N) is 4. The Kier molecular flexibility index (Phi) is 8.41. The van der Waals surface area contributed by atoms with Crippen LogP contribution in [0.4, 0.5) is 11.6 Å². The van der Waals surface area contributed by atoms with Crippen molar-refractivity contribution >= 4 is 38.6 Å². The molecule has 12 heteroatoms. The van der Waals surface area contributed by atoms with Gasteiger partial charge in [-0.2, -0.15) is 9.97 Å². The maximum absolute atomic E-state index is 13.4. The Morgan fingerprint density at radius 1 is 1.10 bits per heavy atom. The first-order valence-electron chi connectivity index (χ1n) is 13.4. The molecule has 0 spiro atoms. The minimum atomic E-state index is -3.80. The van der Waals surface area contributed by atoms with E-state index in [2.05, 4.69) is 15.3 Å². The number of amides is 1.